The second-order valence-electron chi connectivity index (χ2n) is 8.24. The zero-order valence-electron chi connectivity index (χ0n) is 18.2. The molecule has 1 saturated heterocycles. The number of hydrogen-bond acceptors (Lipinski definition) is 3. The van der Waals surface area contributed by atoms with Gasteiger partial charge in [-0.1, -0.05) is 0 Å². The number of halogens is 1. The molecule has 0 bridgehead atoms. The van der Waals surface area contributed by atoms with Crippen LogP contribution >= 0.6 is 0 Å². The van der Waals surface area contributed by atoms with E-state index in [1.54, 1.807) is 42.3 Å². The molecule has 0 saturated carbocycles. The molecular formula is C24H25FN4O3. The Morgan fingerprint density at radius 2 is 1.91 bits per heavy atom. The molecule has 166 valence electrons. The summed E-state index contributed by atoms with van der Waals surface area (Å²) in [5.41, 5.74) is 2.99. The van der Waals surface area contributed by atoms with Gasteiger partial charge in [-0.05, 0) is 74.7 Å². The van der Waals surface area contributed by atoms with Gasteiger partial charge in [0.1, 0.15) is 11.5 Å². The number of H-pyrrole nitrogens is 2. The lowest BCUT2D eigenvalue weighted by atomic mass is 10.0. The van der Waals surface area contributed by atoms with Crippen molar-refractivity contribution < 1.29 is 14.0 Å². The third-order valence-corrected chi connectivity index (χ3v) is 6.13. The van der Waals surface area contributed by atoms with Crippen molar-refractivity contribution in [1.29, 1.82) is 0 Å². The Bertz CT molecular complexity index is 1250. The summed E-state index contributed by atoms with van der Waals surface area (Å²) < 4.78 is 13.5. The van der Waals surface area contributed by atoms with Crippen molar-refractivity contribution in [1.82, 2.24) is 14.9 Å². The van der Waals surface area contributed by atoms with Gasteiger partial charge < -0.3 is 20.2 Å². The van der Waals surface area contributed by atoms with E-state index in [4.69, 9.17) is 0 Å². The molecule has 1 aliphatic rings. The van der Waals surface area contributed by atoms with Crippen molar-refractivity contribution in [2.45, 2.75) is 33.2 Å². The summed E-state index contributed by atoms with van der Waals surface area (Å²) in [5.74, 6) is -1.12. The van der Waals surface area contributed by atoms with E-state index < -0.39 is 0 Å². The second-order valence-corrected chi connectivity index (χ2v) is 8.24. The number of nitrogens with zero attached hydrogens (tertiary/aromatic N) is 1. The quantitative estimate of drug-likeness (QED) is 0.583. The maximum atomic E-state index is 13.5. The van der Waals surface area contributed by atoms with E-state index in [0.717, 1.165) is 5.56 Å². The van der Waals surface area contributed by atoms with Gasteiger partial charge in [0.05, 0.1) is 17.2 Å². The van der Waals surface area contributed by atoms with Crippen LogP contribution in [0.4, 0.5) is 10.1 Å². The predicted octanol–water partition coefficient (Wildman–Crippen LogP) is 3.62. The summed E-state index contributed by atoms with van der Waals surface area (Å²) in [7, 11) is 0. The molecule has 3 heterocycles. The minimum atomic E-state index is -0.377. The summed E-state index contributed by atoms with van der Waals surface area (Å²) >= 11 is 0. The minimum absolute atomic E-state index is 0.197. The molecule has 0 aliphatic carbocycles. The number of benzene rings is 1. The highest BCUT2D eigenvalue weighted by atomic mass is 19.1. The molecular weight excluding hydrogens is 411 g/mol. The Labute approximate surface area is 184 Å². The van der Waals surface area contributed by atoms with E-state index in [9.17, 15) is 18.8 Å². The number of nitrogens with one attached hydrogen (secondary N) is 3. The lowest BCUT2D eigenvalue weighted by Gasteiger charge is -2.24. The summed E-state index contributed by atoms with van der Waals surface area (Å²) in [6, 6.07) is 9.30. The van der Waals surface area contributed by atoms with Gasteiger partial charge >= 0.3 is 0 Å². The minimum Gasteiger partial charge on any atom is -0.350 e. The number of rotatable bonds is 4. The number of aryl methyl sites for hydroxylation is 2. The molecule has 1 aromatic carbocycles. The third kappa shape index (κ3) is 3.95. The molecule has 2 atom stereocenters. The topological polar surface area (TPSA) is 98.1 Å². The van der Waals surface area contributed by atoms with Gasteiger partial charge in [-0.3, -0.25) is 14.4 Å². The van der Waals surface area contributed by atoms with Crippen LogP contribution in [0.2, 0.25) is 0 Å². The average Bonchev–Trinajstić information content (AvgIpc) is 3.37. The van der Waals surface area contributed by atoms with E-state index in [-0.39, 0.29) is 35.2 Å². The van der Waals surface area contributed by atoms with Crippen LogP contribution < -0.4 is 10.9 Å². The Hall–Kier alpha value is -3.68. The second kappa shape index (κ2) is 8.45. The van der Waals surface area contributed by atoms with Gasteiger partial charge in [0.2, 0.25) is 5.91 Å². The Kier molecular flexibility index (Phi) is 5.69. The van der Waals surface area contributed by atoms with Gasteiger partial charge in [-0.15, -0.1) is 0 Å². The normalized spacial score (nSPS) is 18.1. The lowest BCUT2D eigenvalue weighted by Crippen LogP contribution is -2.39. The lowest BCUT2D eigenvalue weighted by molar-refractivity contribution is -0.120. The highest BCUT2D eigenvalue weighted by Crippen LogP contribution is 2.28. The number of amides is 2. The van der Waals surface area contributed by atoms with Gasteiger partial charge in [0.15, 0.2) is 0 Å². The highest BCUT2D eigenvalue weighted by molar-refractivity contribution is 5.97. The zero-order chi connectivity index (χ0) is 23.0. The van der Waals surface area contributed by atoms with Crippen molar-refractivity contribution >= 4 is 17.5 Å². The Morgan fingerprint density at radius 3 is 2.62 bits per heavy atom. The molecule has 2 aromatic heterocycles. The molecule has 32 heavy (non-hydrogen) atoms. The number of aromatic nitrogens is 2. The SMILES string of the molecule is Cc1cc(NC(=O)[C@H]2CCN(C(=O)c3ccc(-c4c(C)cc[nH]c4=O)[nH]3)[C@H]2C)ccc1F. The summed E-state index contributed by atoms with van der Waals surface area (Å²) in [4.78, 5) is 45.5. The average molecular weight is 436 g/mol. The molecule has 0 radical (unpaired) electrons. The van der Waals surface area contributed by atoms with Crippen LogP contribution in [0.3, 0.4) is 0 Å². The van der Waals surface area contributed by atoms with Crippen molar-refractivity contribution in [3.63, 3.8) is 0 Å². The van der Waals surface area contributed by atoms with Crippen LogP contribution in [0, 0.1) is 25.6 Å². The first kappa shape index (κ1) is 21.5. The van der Waals surface area contributed by atoms with Crippen molar-refractivity contribution in [2.24, 2.45) is 5.92 Å². The fourth-order valence-corrected chi connectivity index (χ4v) is 4.27. The fraction of sp³-hybridized carbons (Fsp3) is 0.292. The first-order valence-electron chi connectivity index (χ1n) is 10.5. The van der Waals surface area contributed by atoms with Crippen LogP contribution in [0.5, 0.6) is 0 Å². The van der Waals surface area contributed by atoms with E-state index in [1.165, 1.54) is 12.1 Å². The van der Waals surface area contributed by atoms with Crippen LogP contribution in [0.25, 0.3) is 11.3 Å². The summed E-state index contributed by atoms with van der Waals surface area (Å²) in [6.45, 7) is 5.76. The molecule has 8 heteroatoms. The van der Waals surface area contributed by atoms with E-state index in [2.05, 4.69) is 15.3 Å². The number of anilines is 1. The maximum Gasteiger partial charge on any atom is 0.270 e. The van der Waals surface area contributed by atoms with Gasteiger partial charge in [0, 0.05) is 24.5 Å². The summed E-state index contributed by atoms with van der Waals surface area (Å²) in [5, 5.41) is 2.83. The predicted molar refractivity (Wildman–Crippen MR) is 120 cm³/mol. The molecule has 2 amide bonds. The van der Waals surface area contributed by atoms with E-state index in [0.29, 0.717) is 41.2 Å². The molecule has 3 N–H and O–H groups in total. The first-order valence-corrected chi connectivity index (χ1v) is 10.5. The van der Waals surface area contributed by atoms with Gasteiger partial charge in [-0.25, -0.2) is 4.39 Å². The summed E-state index contributed by atoms with van der Waals surface area (Å²) in [6.07, 6.45) is 2.12. The smallest absolute Gasteiger partial charge is 0.270 e. The molecule has 1 fully saturated rings. The molecule has 0 unspecified atom stereocenters. The molecule has 1 aliphatic heterocycles. The standard InChI is InChI=1S/C24H25FN4O3/c1-13-8-10-26-23(31)21(13)19-6-7-20(28-19)24(32)29-11-9-17(15(29)3)22(30)27-16-4-5-18(25)14(2)12-16/h4-8,10,12,15,17,28H,9,11H2,1-3H3,(H,26,31)(H,27,30)/t15-,17-/m0/s1. The number of carbonyl (C=O) groups excluding carboxylic acids is 2. The molecule has 0 spiro atoms. The Balaban J connectivity index is 1.48. The molecule has 4 rings (SSSR count). The van der Waals surface area contributed by atoms with Crippen molar-refractivity contribution in [3.05, 3.63) is 75.6 Å². The van der Waals surface area contributed by atoms with Gasteiger partial charge in [-0.2, -0.15) is 0 Å². The number of aromatic amines is 2. The molecule has 7 nitrogen and oxygen atoms in total. The van der Waals surface area contributed by atoms with Gasteiger partial charge in [0.25, 0.3) is 11.5 Å². The third-order valence-electron chi connectivity index (χ3n) is 6.13. The number of likely N-dealkylation sites (tertiary alicyclic amines) is 1. The maximum absolute atomic E-state index is 13.5. The fourth-order valence-electron chi connectivity index (χ4n) is 4.27. The zero-order valence-corrected chi connectivity index (χ0v) is 18.2. The largest absolute Gasteiger partial charge is 0.350 e. The number of carbonyl (C=O) groups is 2. The van der Waals surface area contributed by atoms with Crippen LogP contribution in [0.1, 0.15) is 35.0 Å². The van der Waals surface area contributed by atoms with Crippen molar-refractivity contribution in [3.8, 4) is 11.3 Å². The number of hydrogen-bond donors (Lipinski definition) is 3. The van der Waals surface area contributed by atoms with E-state index >= 15 is 0 Å². The highest BCUT2D eigenvalue weighted by Gasteiger charge is 2.38. The van der Waals surface area contributed by atoms with Crippen LogP contribution in [-0.4, -0.2) is 39.3 Å². The van der Waals surface area contributed by atoms with E-state index in [1.807, 2.05) is 13.8 Å². The Morgan fingerprint density at radius 1 is 1.12 bits per heavy atom. The van der Waals surface area contributed by atoms with Crippen molar-refractivity contribution in [2.75, 3.05) is 11.9 Å². The number of pyridine rings is 1. The van der Waals surface area contributed by atoms with Crippen LogP contribution in [0.15, 0.2) is 47.4 Å². The first-order chi connectivity index (χ1) is 15.3. The molecule has 3 aromatic rings. The van der Waals surface area contributed by atoms with Crippen LogP contribution in [-0.2, 0) is 4.79 Å². The monoisotopic (exact) mass is 436 g/mol.